The highest BCUT2D eigenvalue weighted by atomic mass is 127. The molecule has 0 aliphatic carbocycles. The van der Waals surface area contributed by atoms with Crippen LogP contribution in [0.1, 0.15) is 13.3 Å². The van der Waals surface area contributed by atoms with E-state index in [-0.39, 0.29) is 0 Å². The third kappa shape index (κ3) is 1.58. The van der Waals surface area contributed by atoms with Crippen LogP contribution in [0.15, 0.2) is 0 Å². The zero-order valence-electron chi connectivity index (χ0n) is 5.15. The van der Waals surface area contributed by atoms with Crippen molar-refractivity contribution in [2.24, 2.45) is 5.92 Å². The Labute approximate surface area is 64.4 Å². The van der Waals surface area contributed by atoms with Crippen molar-refractivity contribution in [3.8, 4) is 0 Å². The molecular weight excluding hydrogens is 213 g/mol. The van der Waals surface area contributed by atoms with Gasteiger partial charge in [0.05, 0.1) is 0 Å². The molecule has 1 N–H and O–H groups in total. The van der Waals surface area contributed by atoms with Gasteiger partial charge >= 0.3 is 0 Å². The molecule has 2 heteroatoms. The van der Waals surface area contributed by atoms with Gasteiger partial charge < -0.3 is 5.32 Å². The largest absolute Gasteiger partial charge is 0.316 e. The zero-order chi connectivity index (χ0) is 5.98. The lowest BCUT2D eigenvalue weighted by atomic mass is 10.1. The lowest BCUT2D eigenvalue weighted by Crippen LogP contribution is -2.14. The van der Waals surface area contributed by atoms with Crippen LogP contribution in [0.2, 0.25) is 0 Å². The second-order valence-electron chi connectivity index (χ2n) is 2.43. The van der Waals surface area contributed by atoms with Crippen LogP contribution in [0, 0.1) is 5.92 Å². The van der Waals surface area contributed by atoms with Crippen LogP contribution in [0.5, 0.6) is 0 Å². The average molecular weight is 225 g/mol. The Morgan fingerprint density at radius 3 is 2.75 bits per heavy atom. The van der Waals surface area contributed by atoms with Gasteiger partial charge in [0.1, 0.15) is 0 Å². The van der Waals surface area contributed by atoms with Crippen molar-refractivity contribution < 1.29 is 0 Å². The fourth-order valence-corrected chi connectivity index (χ4v) is 1.68. The van der Waals surface area contributed by atoms with Gasteiger partial charge in [-0.3, -0.25) is 0 Å². The second kappa shape index (κ2) is 3.01. The molecule has 1 aliphatic rings. The van der Waals surface area contributed by atoms with Crippen molar-refractivity contribution >= 4 is 22.6 Å². The maximum atomic E-state index is 3.35. The maximum Gasteiger partial charge on any atom is 0.0122 e. The van der Waals surface area contributed by atoms with Crippen LogP contribution in [-0.2, 0) is 0 Å². The third-order valence-corrected chi connectivity index (χ3v) is 2.77. The van der Waals surface area contributed by atoms with Gasteiger partial charge in [-0.25, -0.2) is 0 Å². The molecule has 1 aliphatic heterocycles. The van der Waals surface area contributed by atoms with Crippen LogP contribution in [-0.4, -0.2) is 17.0 Å². The Balaban J connectivity index is 2.24. The van der Waals surface area contributed by atoms with Gasteiger partial charge in [-0.15, -0.1) is 0 Å². The molecular formula is C6H12IN. The smallest absolute Gasteiger partial charge is 0.0122 e. The first-order chi connectivity index (χ1) is 3.80. The number of hydrogen-bond donors (Lipinski definition) is 1. The molecule has 0 amide bonds. The van der Waals surface area contributed by atoms with Gasteiger partial charge in [-0.2, -0.15) is 0 Å². The summed E-state index contributed by atoms with van der Waals surface area (Å²) in [4.78, 5) is 0. The second-order valence-corrected chi connectivity index (χ2v) is 4.40. The van der Waals surface area contributed by atoms with Crippen LogP contribution in [0.3, 0.4) is 0 Å². The van der Waals surface area contributed by atoms with Crippen molar-refractivity contribution in [3.63, 3.8) is 0 Å². The summed E-state index contributed by atoms with van der Waals surface area (Å²) >= 11 is 2.50. The molecule has 8 heavy (non-hydrogen) atoms. The number of rotatable bonds is 1. The lowest BCUT2D eigenvalue weighted by Gasteiger charge is -2.08. The topological polar surface area (TPSA) is 12.0 Å². The van der Waals surface area contributed by atoms with Crippen LogP contribution in [0.25, 0.3) is 0 Å². The fraction of sp³-hybridized carbons (Fsp3) is 1.00. The minimum atomic E-state index is 0.850. The van der Waals surface area contributed by atoms with E-state index in [1.165, 1.54) is 19.5 Å². The van der Waals surface area contributed by atoms with Crippen molar-refractivity contribution in [2.75, 3.05) is 13.1 Å². The van der Waals surface area contributed by atoms with E-state index in [1.54, 1.807) is 0 Å². The maximum absolute atomic E-state index is 3.35. The van der Waals surface area contributed by atoms with Crippen LogP contribution in [0.4, 0.5) is 0 Å². The van der Waals surface area contributed by atoms with Gasteiger partial charge in [0.2, 0.25) is 0 Å². The summed E-state index contributed by atoms with van der Waals surface area (Å²) in [5, 5.41) is 3.35. The highest BCUT2D eigenvalue weighted by Crippen LogP contribution is 2.18. The average Bonchev–Trinajstić information content (AvgIpc) is 2.12. The van der Waals surface area contributed by atoms with E-state index in [0.29, 0.717) is 0 Å². The van der Waals surface area contributed by atoms with Gasteiger partial charge in [0.15, 0.2) is 0 Å². The normalized spacial score (nSPS) is 33.0. The third-order valence-electron chi connectivity index (χ3n) is 1.75. The van der Waals surface area contributed by atoms with E-state index in [4.69, 9.17) is 0 Å². The van der Waals surface area contributed by atoms with Crippen LogP contribution < -0.4 is 5.32 Å². The van der Waals surface area contributed by atoms with E-state index < -0.39 is 0 Å². The van der Waals surface area contributed by atoms with E-state index in [2.05, 4.69) is 34.8 Å². The number of nitrogens with one attached hydrogen (secondary N) is 1. The number of halogens is 1. The first-order valence-corrected chi connectivity index (χ1v) is 4.40. The molecule has 0 spiro atoms. The van der Waals surface area contributed by atoms with Gasteiger partial charge in [0.25, 0.3) is 0 Å². The van der Waals surface area contributed by atoms with Crippen molar-refractivity contribution in [1.29, 1.82) is 0 Å². The zero-order valence-corrected chi connectivity index (χ0v) is 7.31. The fourth-order valence-electron chi connectivity index (χ4n) is 1.07. The summed E-state index contributed by atoms with van der Waals surface area (Å²) in [5.74, 6) is 0.940. The monoisotopic (exact) mass is 225 g/mol. The highest BCUT2D eigenvalue weighted by Gasteiger charge is 2.17. The van der Waals surface area contributed by atoms with Crippen molar-refractivity contribution in [1.82, 2.24) is 5.32 Å². The summed E-state index contributed by atoms with van der Waals surface area (Å²) in [5.41, 5.74) is 0. The molecule has 0 saturated carbocycles. The molecule has 2 unspecified atom stereocenters. The molecule has 2 atom stereocenters. The van der Waals surface area contributed by atoms with E-state index in [9.17, 15) is 0 Å². The lowest BCUT2D eigenvalue weighted by molar-refractivity contribution is 0.592. The molecule has 0 bridgehead atoms. The Hall–Kier alpha value is 0.690. The summed E-state index contributed by atoms with van der Waals surface area (Å²) in [6.45, 7) is 4.76. The predicted molar refractivity (Wildman–Crippen MR) is 44.5 cm³/mol. The number of hydrogen-bond acceptors (Lipinski definition) is 1. The first-order valence-electron chi connectivity index (χ1n) is 3.15. The van der Waals surface area contributed by atoms with Gasteiger partial charge in [0, 0.05) is 3.92 Å². The summed E-state index contributed by atoms with van der Waals surface area (Å²) < 4.78 is 0.850. The SMILES string of the molecule is CC(I)C1CCNC1. The molecule has 0 radical (unpaired) electrons. The van der Waals surface area contributed by atoms with Crippen molar-refractivity contribution in [2.45, 2.75) is 17.3 Å². The molecule has 0 aromatic rings. The standard InChI is InChI=1S/C6H12IN/c1-5(7)6-2-3-8-4-6/h5-6,8H,2-4H2,1H3. The quantitative estimate of drug-likeness (QED) is 0.525. The first kappa shape index (κ1) is 6.81. The molecule has 1 rings (SSSR count). The Morgan fingerprint density at radius 1 is 1.75 bits per heavy atom. The Kier molecular flexibility index (Phi) is 2.56. The summed E-state index contributed by atoms with van der Waals surface area (Å²) in [7, 11) is 0. The highest BCUT2D eigenvalue weighted by molar-refractivity contribution is 14.1. The molecule has 1 fully saturated rings. The molecule has 1 heterocycles. The predicted octanol–water partition coefficient (Wildman–Crippen LogP) is 1.42. The molecule has 1 nitrogen and oxygen atoms in total. The van der Waals surface area contributed by atoms with Gasteiger partial charge in [-0.05, 0) is 25.4 Å². The Morgan fingerprint density at radius 2 is 2.50 bits per heavy atom. The minimum absolute atomic E-state index is 0.850. The van der Waals surface area contributed by atoms with Gasteiger partial charge in [-0.1, -0.05) is 29.5 Å². The van der Waals surface area contributed by atoms with E-state index in [0.717, 1.165) is 9.84 Å². The molecule has 0 aromatic heterocycles. The molecule has 1 saturated heterocycles. The number of alkyl halides is 1. The summed E-state index contributed by atoms with van der Waals surface area (Å²) in [6.07, 6.45) is 1.38. The molecule has 0 aromatic carbocycles. The van der Waals surface area contributed by atoms with E-state index in [1.807, 2.05) is 0 Å². The minimum Gasteiger partial charge on any atom is -0.316 e. The Bertz CT molecular complexity index is 66.9. The van der Waals surface area contributed by atoms with Crippen molar-refractivity contribution in [3.05, 3.63) is 0 Å². The van der Waals surface area contributed by atoms with Crippen LogP contribution >= 0.6 is 22.6 Å². The van der Waals surface area contributed by atoms with E-state index >= 15 is 0 Å². The summed E-state index contributed by atoms with van der Waals surface area (Å²) in [6, 6.07) is 0. The molecule has 48 valence electrons.